The Balaban J connectivity index is -0.000000334. The van der Waals surface area contributed by atoms with Gasteiger partial charge in [-0.1, -0.05) is 285 Å². The van der Waals surface area contributed by atoms with Crippen molar-refractivity contribution < 1.29 is 24.0 Å². The summed E-state index contributed by atoms with van der Waals surface area (Å²) in [6.07, 6.45) is 103. The summed E-state index contributed by atoms with van der Waals surface area (Å²) in [6, 6.07) is 0. The average Bonchev–Trinajstić information content (AvgIpc) is 3.51. The maximum atomic E-state index is 10.7. The standard InChI is InChI=1S/2C17H32O.2C17H30O.C17H28O/c5*1-3-4-5-6-7-8-9-10-11-12-13-14-15-16-17(2)18/h8-9H,3-7,10-16H2,1-2H3;6-7H,3-5,8-16H2,1-2H3;6-7,10-11H,3-5,8-9,12-16H2,1-2H3;4-7H,3,8-16H2,1-2H3;4-7,10-11H,3,8-9,12-16H2,1-2H3/b9-8-;7-6-;7-6-,11-10-;5-4-,7-6-;5-4+,7-6-,11-10-. The number of carbonyl (C=O) groups is 5. The molecule has 0 aromatic carbocycles. The second-order valence-corrected chi connectivity index (χ2v) is 25.2. The summed E-state index contributed by atoms with van der Waals surface area (Å²) >= 11 is 0. The molecule has 5 nitrogen and oxygen atoms in total. The van der Waals surface area contributed by atoms with Gasteiger partial charge in [0.05, 0.1) is 0 Å². The zero-order valence-electron chi connectivity index (χ0n) is 61.7. The van der Waals surface area contributed by atoms with Crippen LogP contribution in [0, 0.1) is 0 Å². The van der Waals surface area contributed by atoms with E-state index in [0.29, 0.717) is 28.9 Å². The normalized spacial score (nSPS) is 11.6. The third-order valence-corrected chi connectivity index (χ3v) is 15.2. The van der Waals surface area contributed by atoms with E-state index < -0.39 is 0 Å². The van der Waals surface area contributed by atoms with Crippen molar-refractivity contribution >= 4 is 28.9 Å². The first-order valence-electron chi connectivity index (χ1n) is 38.2. The Hall–Kier alpha value is -3.99. The van der Waals surface area contributed by atoms with Gasteiger partial charge in [0, 0.05) is 32.1 Å². The van der Waals surface area contributed by atoms with Crippen LogP contribution in [0.4, 0.5) is 0 Å². The second-order valence-electron chi connectivity index (χ2n) is 25.2. The first-order chi connectivity index (χ1) is 43.9. The van der Waals surface area contributed by atoms with Crippen LogP contribution in [0.2, 0.25) is 0 Å². The van der Waals surface area contributed by atoms with Gasteiger partial charge in [0.15, 0.2) is 0 Å². The van der Waals surface area contributed by atoms with Gasteiger partial charge in [-0.15, -0.1) is 0 Å². The molecule has 0 aliphatic carbocycles. The Bertz CT molecular complexity index is 1750. The molecule has 0 rings (SSSR count). The summed E-state index contributed by atoms with van der Waals surface area (Å²) in [6.45, 7) is 19.4. The predicted molar refractivity (Wildman–Crippen MR) is 404 cm³/mol. The molecule has 5 heteroatoms. The highest BCUT2D eigenvalue weighted by molar-refractivity contribution is 5.76. The van der Waals surface area contributed by atoms with Crippen LogP contribution in [0.3, 0.4) is 0 Å². The van der Waals surface area contributed by atoms with Crippen molar-refractivity contribution in [3.05, 3.63) is 109 Å². The van der Waals surface area contributed by atoms with Crippen molar-refractivity contribution in [2.24, 2.45) is 0 Å². The fourth-order valence-electron chi connectivity index (χ4n) is 9.51. The number of hydrogen-bond donors (Lipinski definition) is 0. The fraction of sp³-hybridized carbons (Fsp3) is 0.729. The third-order valence-electron chi connectivity index (χ3n) is 15.2. The minimum Gasteiger partial charge on any atom is -0.300 e. The summed E-state index contributed by atoms with van der Waals surface area (Å²) in [4.78, 5) is 53.7. The molecule has 522 valence electrons. The SMILES string of the molecule is CC/C=C/C=C\CC/C=C\CCCCCC(C)=O.CC/C=C\C=C/CCCCCCCCCC(C)=O.CCCC/C=C\CC/C=C\CCCCCC(C)=O.CCCC/C=C\CCCCCCCCCC(C)=O.CCCCCC/C=C\CCCCCCCC(C)=O. The summed E-state index contributed by atoms with van der Waals surface area (Å²) in [7, 11) is 0. The maximum Gasteiger partial charge on any atom is 0.129 e. The van der Waals surface area contributed by atoms with E-state index in [9.17, 15) is 24.0 Å². The van der Waals surface area contributed by atoms with Crippen LogP contribution in [0.15, 0.2) is 109 Å². The van der Waals surface area contributed by atoms with E-state index in [2.05, 4.69) is 144 Å². The monoisotopic (exact) mass is 1250 g/mol. The lowest BCUT2D eigenvalue weighted by atomic mass is 10.1. The molecule has 0 saturated carbocycles. The quantitative estimate of drug-likeness (QED) is 0.0344. The van der Waals surface area contributed by atoms with Gasteiger partial charge in [-0.05, 0) is 195 Å². The van der Waals surface area contributed by atoms with Crippen LogP contribution >= 0.6 is 0 Å². The molecule has 0 heterocycles. The number of rotatable bonds is 61. The number of ketones is 5. The molecule has 0 amide bonds. The van der Waals surface area contributed by atoms with Gasteiger partial charge in [0.25, 0.3) is 0 Å². The van der Waals surface area contributed by atoms with Crippen molar-refractivity contribution in [2.75, 3.05) is 0 Å². The van der Waals surface area contributed by atoms with E-state index in [0.717, 1.165) is 109 Å². The molecule has 0 atom stereocenters. The molecule has 0 unspecified atom stereocenters. The molecule has 0 bridgehead atoms. The van der Waals surface area contributed by atoms with E-state index in [1.54, 1.807) is 34.6 Å². The van der Waals surface area contributed by atoms with E-state index in [1.165, 1.54) is 225 Å². The van der Waals surface area contributed by atoms with Crippen LogP contribution < -0.4 is 0 Å². The zero-order chi connectivity index (χ0) is 67.4. The van der Waals surface area contributed by atoms with Crippen LogP contribution in [0.25, 0.3) is 0 Å². The topological polar surface area (TPSA) is 85.3 Å². The third kappa shape index (κ3) is 115. The maximum absolute atomic E-state index is 10.7. The largest absolute Gasteiger partial charge is 0.300 e. The van der Waals surface area contributed by atoms with Crippen LogP contribution in [-0.2, 0) is 24.0 Å². The molecule has 0 aliphatic rings. The Morgan fingerprint density at radius 2 is 0.344 bits per heavy atom. The molecule has 90 heavy (non-hydrogen) atoms. The number of allylic oxidation sites excluding steroid dienone is 18. The molecule has 0 saturated heterocycles. The summed E-state index contributed by atoms with van der Waals surface area (Å²) < 4.78 is 0. The first-order valence-corrected chi connectivity index (χ1v) is 38.2. The molecule has 0 fully saturated rings. The lowest BCUT2D eigenvalue weighted by Gasteiger charge is -2.00. The predicted octanol–water partition coefficient (Wildman–Crippen LogP) is 28.3. The molecule has 0 radical (unpaired) electrons. The van der Waals surface area contributed by atoms with Crippen molar-refractivity contribution in [2.45, 2.75) is 403 Å². The first kappa shape index (κ1) is 94.7. The molecular formula is C85H152O5. The highest BCUT2D eigenvalue weighted by Crippen LogP contribution is 2.14. The van der Waals surface area contributed by atoms with Crippen molar-refractivity contribution in [1.29, 1.82) is 0 Å². The van der Waals surface area contributed by atoms with Gasteiger partial charge < -0.3 is 24.0 Å². The van der Waals surface area contributed by atoms with Crippen LogP contribution in [0.1, 0.15) is 403 Å². The van der Waals surface area contributed by atoms with E-state index in [1.807, 2.05) is 0 Å². The number of unbranched alkanes of at least 4 members (excludes halogenated alkanes) is 35. The lowest BCUT2D eigenvalue weighted by Crippen LogP contribution is -1.89. The molecule has 0 aromatic rings. The minimum absolute atomic E-state index is 0.314. The van der Waals surface area contributed by atoms with Crippen LogP contribution in [-0.4, -0.2) is 28.9 Å². The van der Waals surface area contributed by atoms with E-state index >= 15 is 0 Å². The smallest absolute Gasteiger partial charge is 0.129 e. The summed E-state index contributed by atoms with van der Waals surface area (Å²) in [5, 5.41) is 0. The summed E-state index contributed by atoms with van der Waals surface area (Å²) in [5.41, 5.74) is 0. The Morgan fingerprint density at radius 3 is 0.589 bits per heavy atom. The van der Waals surface area contributed by atoms with E-state index in [-0.39, 0.29) is 0 Å². The number of hydrogen-bond acceptors (Lipinski definition) is 5. The molecular weight excluding hydrogens is 1100 g/mol. The highest BCUT2D eigenvalue weighted by atomic mass is 16.1. The molecule has 0 N–H and O–H groups in total. The van der Waals surface area contributed by atoms with Gasteiger partial charge in [0.2, 0.25) is 0 Å². The zero-order valence-corrected chi connectivity index (χ0v) is 61.7. The number of carbonyl (C=O) groups excluding carboxylic acids is 5. The highest BCUT2D eigenvalue weighted by Gasteiger charge is 1.98. The van der Waals surface area contributed by atoms with Crippen molar-refractivity contribution in [3.63, 3.8) is 0 Å². The van der Waals surface area contributed by atoms with Crippen molar-refractivity contribution in [3.8, 4) is 0 Å². The van der Waals surface area contributed by atoms with Crippen molar-refractivity contribution in [1.82, 2.24) is 0 Å². The minimum atomic E-state index is 0.314. The van der Waals surface area contributed by atoms with E-state index in [4.69, 9.17) is 0 Å². The van der Waals surface area contributed by atoms with Gasteiger partial charge in [-0.3, -0.25) is 0 Å². The van der Waals surface area contributed by atoms with Crippen LogP contribution in [0.5, 0.6) is 0 Å². The molecule has 0 aliphatic heterocycles. The lowest BCUT2D eigenvalue weighted by molar-refractivity contribution is -0.117. The van der Waals surface area contributed by atoms with Gasteiger partial charge >= 0.3 is 0 Å². The Kier molecular flexibility index (Phi) is 96.2. The van der Waals surface area contributed by atoms with Gasteiger partial charge in [-0.2, -0.15) is 0 Å². The van der Waals surface area contributed by atoms with Gasteiger partial charge in [-0.25, -0.2) is 0 Å². The molecule has 0 spiro atoms. The summed E-state index contributed by atoms with van der Waals surface area (Å²) in [5.74, 6) is 1.64. The average molecular weight is 1250 g/mol. The van der Waals surface area contributed by atoms with Gasteiger partial charge in [0.1, 0.15) is 28.9 Å². The Morgan fingerprint density at radius 1 is 0.178 bits per heavy atom. The Labute approximate surface area is 562 Å². The molecule has 0 aromatic heterocycles. The second kappa shape index (κ2) is 91.4. The fourth-order valence-corrected chi connectivity index (χ4v) is 9.51. The number of Topliss-reactive ketones (excluding diaryl/α,β-unsaturated/α-hetero) is 5.